The SMILES string of the molecule is CCc1ccccc1Nc1nc(-c2cc3ccccc3oc2=O)cs1. The fourth-order valence-electron chi connectivity index (χ4n) is 2.76. The van der Waals surface area contributed by atoms with Gasteiger partial charge in [0.2, 0.25) is 0 Å². The molecule has 0 amide bonds. The molecule has 5 heteroatoms. The molecule has 124 valence electrons. The summed E-state index contributed by atoms with van der Waals surface area (Å²) >= 11 is 1.47. The number of anilines is 2. The van der Waals surface area contributed by atoms with Gasteiger partial charge >= 0.3 is 5.63 Å². The van der Waals surface area contributed by atoms with E-state index in [0.717, 1.165) is 22.6 Å². The van der Waals surface area contributed by atoms with Crippen molar-refractivity contribution in [2.24, 2.45) is 0 Å². The summed E-state index contributed by atoms with van der Waals surface area (Å²) in [6.07, 6.45) is 0.940. The van der Waals surface area contributed by atoms with E-state index in [9.17, 15) is 4.79 Å². The Morgan fingerprint density at radius 2 is 1.92 bits per heavy atom. The second-order valence-electron chi connectivity index (χ2n) is 5.66. The second kappa shape index (κ2) is 6.53. The lowest BCUT2D eigenvalue weighted by molar-refractivity contribution is 0.563. The molecule has 2 aromatic heterocycles. The van der Waals surface area contributed by atoms with Gasteiger partial charge in [-0.05, 0) is 30.2 Å². The summed E-state index contributed by atoms with van der Waals surface area (Å²) in [5.74, 6) is 0. The van der Waals surface area contributed by atoms with Crippen LogP contribution in [0.15, 0.2) is 69.2 Å². The van der Waals surface area contributed by atoms with Gasteiger partial charge in [-0.25, -0.2) is 9.78 Å². The first-order chi connectivity index (χ1) is 12.2. The number of para-hydroxylation sites is 2. The first-order valence-corrected chi connectivity index (χ1v) is 8.96. The lowest BCUT2D eigenvalue weighted by atomic mass is 10.1. The van der Waals surface area contributed by atoms with Crippen LogP contribution in [-0.2, 0) is 6.42 Å². The number of fused-ring (bicyclic) bond motifs is 1. The van der Waals surface area contributed by atoms with Gasteiger partial charge in [0.15, 0.2) is 5.13 Å². The predicted octanol–water partition coefficient (Wildman–Crippen LogP) is 5.22. The third-order valence-electron chi connectivity index (χ3n) is 4.06. The standard InChI is InChI=1S/C20H16N2O2S/c1-2-13-7-3-5-9-16(13)21-20-22-17(12-25-20)15-11-14-8-4-6-10-18(14)24-19(15)23/h3-12H,2H2,1H3,(H,21,22). The Morgan fingerprint density at radius 3 is 2.80 bits per heavy atom. The molecule has 25 heavy (non-hydrogen) atoms. The number of nitrogens with zero attached hydrogens (tertiary/aromatic N) is 1. The lowest BCUT2D eigenvalue weighted by Crippen LogP contribution is -2.03. The summed E-state index contributed by atoms with van der Waals surface area (Å²) in [4.78, 5) is 16.8. The first-order valence-electron chi connectivity index (χ1n) is 8.08. The molecule has 0 bridgehead atoms. The van der Waals surface area contributed by atoms with Crippen LogP contribution in [0.3, 0.4) is 0 Å². The van der Waals surface area contributed by atoms with Crippen molar-refractivity contribution in [2.75, 3.05) is 5.32 Å². The molecule has 1 N–H and O–H groups in total. The van der Waals surface area contributed by atoms with Gasteiger partial charge in [-0.3, -0.25) is 0 Å². The Hall–Kier alpha value is -2.92. The fourth-order valence-corrected chi connectivity index (χ4v) is 3.48. The summed E-state index contributed by atoms with van der Waals surface area (Å²) in [7, 11) is 0. The molecule has 4 nitrogen and oxygen atoms in total. The van der Waals surface area contributed by atoms with Crippen molar-refractivity contribution in [1.82, 2.24) is 4.98 Å². The van der Waals surface area contributed by atoms with Crippen LogP contribution in [-0.4, -0.2) is 4.98 Å². The molecule has 4 rings (SSSR count). The highest BCUT2D eigenvalue weighted by Crippen LogP contribution is 2.28. The molecule has 0 atom stereocenters. The van der Waals surface area contributed by atoms with Gasteiger partial charge in [-0.15, -0.1) is 11.3 Å². The van der Waals surface area contributed by atoms with Crippen molar-refractivity contribution in [2.45, 2.75) is 13.3 Å². The van der Waals surface area contributed by atoms with Crippen molar-refractivity contribution in [3.63, 3.8) is 0 Å². The molecule has 2 heterocycles. The monoisotopic (exact) mass is 348 g/mol. The van der Waals surface area contributed by atoms with Crippen LogP contribution in [0.4, 0.5) is 10.8 Å². The number of rotatable bonds is 4. The zero-order valence-electron chi connectivity index (χ0n) is 13.7. The molecule has 0 spiro atoms. The number of aromatic nitrogens is 1. The maximum atomic E-state index is 12.3. The highest BCUT2D eigenvalue weighted by molar-refractivity contribution is 7.14. The summed E-state index contributed by atoms with van der Waals surface area (Å²) in [6, 6.07) is 17.5. The maximum Gasteiger partial charge on any atom is 0.345 e. The maximum absolute atomic E-state index is 12.3. The van der Waals surface area contributed by atoms with Gasteiger partial charge in [-0.1, -0.05) is 43.3 Å². The highest BCUT2D eigenvalue weighted by atomic mass is 32.1. The zero-order valence-corrected chi connectivity index (χ0v) is 14.5. The van der Waals surface area contributed by atoms with E-state index in [1.54, 1.807) is 6.07 Å². The summed E-state index contributed by atoms with van der Waals surface area (Å²) < 4.78 is 5.40. The minimum atomic E-state index is -0.371. The lowest BCUT2D eigenvalue weighted by Gasteiger charge is -2.07. The van der Waals surface area contributed by atoms with Gasteiger partial charge in [0.1, 0.15) is 5.58 Å². The third-order valence-corrected chi connectivity index (χ3v) is 4.82. The number of nitrogens with one attached hydrogen (secondary N) is 1. The number of aryl methyl sites for hydroxylation is 1. The Bertz CT molecular complexity index is 1100. The van der Waals surface area contributed by atoms with Gasteiger partial charge in [-0.2, -0.15) is 0 Å². The quantitative estimate of drug-likeness (QED) is 0.514. The molecule has 0 radical (unpaired) electrons. The van der Waals surface area contributed by atoms with E-state index in [1.807, 2.05) is 47.8 Å². The van der Waals surface area contributed by atoms with Crippen LogP contribution in [0.2, 0.25) is 0 Å². The summed E-state index contributed by atoms with van der Waals surface area (Å²) in [6.45, 7) is 2.12. The van der Waals surface area contributed by atoms with Crippen LogP contribution in [0.25, 0.3) is 22.2 Å². The molecule has 0 aliphatic rings. The topological polar surface area (TPSA) is 55.1 Å². The average molecular weight is 348 g/mol. The minimum Gasteiger partial charge on any atom is -0.422 e. The molecular weight excluding hydrogens is 332 g/mol. The van der Waals surface area contributed by atoms with Crippen LogP contribution in [0, 0.1) is 0 Å². The number of hydrogen-bond donors (Lipinski definition) is 1. The van der Waals surface area contributed by atoms with Crippen molar-refractivity contribution < 1.29 is 4.42 Å². The summed E-state index contributed by atoms with van der Waals surface area (Å²) in [5, 5.41) is 6.86. The van der Waals surface area contributed by atoms with E-state index in [4.69, 9.17) is 4.42 Å². The molecule has 4 aromatic rings. The van der Waals surface area contributed by atoms with Gasteiger partial charge in [0, 0.05) is 16.5 Å². The third kappa shape index (κ3) is 3.06. The molecule has 0 fully saturated rings. The summed E-state index contributed by atoms with van der Waals surface area (Å²) in [5.41, 5.74) is 3.58. The highest BCUT2D eigenvalue weighted by Gasteiger charge is 2.12. The first kappa shape index (κ1) is 15.6. The van der Waals surface area contributed by atoms with Gasteiger partial charge < -0.3 is 9.73 Å². The Kier molecular flexibility index (Phi) is 4.07. The minimum absolute atomic E-state index is 0.371. The van der Waals surface area contributed by atoms with E-state index >= 15 is 0 Å². The van der Waals surface area contributed by atoms with Crippen molar-refractivity contribution in [3.8, 4) is 11.3 Å². The van der Waals surface area contributed by atoms with Gasteiger partial charge in [0.25, 0.3) is 0 Å². The number of thiazole rings is 1. The van der Waals surface area contributed by atoms with E-state index in [-0.39, 0.29) is 5.63 Å². The molecule has 2 aromatic carbocycles. The number of benzene rings is 2. The molecule has 0 saturated carbocycles. The smallest absolute Gasteiger partial charge is 0.345 e. The van der Waals surface area contributed by atoms with E-state index in [0.29, 0.717) is 16.8 Å². The Morgan fingerprint density at radius 1 is 1.12 bits per heavy atom. The second-order valence-corrected chi connectivity index (χ2v) is 6.52. The van der Waals surface area contributed by atoms with Crippen LogP contribution >= 0.6 is 11.3 Å². The van der Waals surface area contributed by atoms with Crippen molar-refractivity contribution >= 4 is 33.1 Å². The molecule has 0 unspecified atom stereocenters. The zero-order chi connectivity index (χ0) is 17.2. The Balaban J connectivity index is 1.70. The van der Waals surface area contributed by atoms with E-state index < -0.39 is 0 Å². The average Bonchev–Trinajstić information content (AvgIpc) is 3.10. The van der Waals surface area contributed by atoms with Crippen molar-refractivity contribution in [3.05, 3.63) is 76.0 Å². The van der Waals surface area contributed by atoms with E-state index in [2.05, 4.69) is 23.3 Å². The fraction of sp³-hybridized carbons (Fsp3) is 0.100. The predicted molar refractivity (Wildman–Crippen MR) is 103 cm³/mol. The largest absolute Gasteiger partial charge is 0.422 e. The Labute approximate surface area is 148 Å². The normalized spacial score (nSPS) is 10.9. The van der Waals surface area contributed by atoms with Crippen molar-refractivity contribution in [1.29, 1.82) is 0 Å². The van der Waals surface area contributed by atoms with E-state index in [1.165, 1.54) is 16.9 Å². The van der Waals surface area contributed by atoms with Crippen LogP contribution < -0.4 is 10.9 Å². The van der Waals surface area contributed by atoms with Crippen LogP contribution in [0.1, 0.15) is 12.5 Å². The molecule has 0 aliphatic heterocycles. The molecule has 0 aliphatic carbocycles. The van der Waals surface area contributed by atoms with Crippen LogP contribution in [0.5, 0.6) is 0 Å². The molecular formula is C20H16N2O2S. The molecule has 0 saturated heterocycles. The number of hydrogen-bond acceptors (Lipinski definition) is 5. The van der Waals surface area contributed by atoms with Gasteiger partial charge in [0.05, 0.1) is 11.3 Å².